The molecule has 1 N–H and O–H groups in total. The second-order valence-corrected chi connectivity index (χ2v) is 8.09. The van der Waals surface area contributed by atoms with Crippen molar-refractivity contribution in [3.8, 4) is 11.5 Å². The van der Waals surface area contributed by atoms with Crippen molar-refractivity contribution < 1.29 is 19.1 Å². The fourth-order valence-corrected chi connectivity index (χ4v) is 4.21. The molecule has 6 nitrogen and oxygen atoms in total. The summed E-state index contributed by atoms with van der Waals surface area (Å²) in [4.78, 5) is 27.3. The molecule has 3 aromatic rings. The number of methoxy groups -OCH3 is 1. The zero-order valence-electron chi connectivity index (χ0n) is 18.4. The normalized spacial score (nSPS) is 11.6. The van der Waals surface area contributed by atoms with Crippen LogP contribution < -0.4 is 14.8 Å². The number of hydrogen-bond donors (Lipinski definition) is 1. The van der Waals surface area contributed by atoms with Crippen LogP contribution in [0, 0.1) is 0 Å². The Bertz CT molecular complexity index is 1100. The molecule has 0 aromatic heterocycles. The molecule has 3 aromatic carbocycles. The highest BCUT2D eigenvalue weighted by molar-refractivity contribution is 9.10. The lowest BCUT2D eigenvalue weighted by Gasteiger charge is -2.30. The molecule has 0 saturated carbocycles. The summed E-state index contributed by atoms with van der Waals surface area (Å²) < 4.78 is 12.0. The van der Waals surface area contributed by atoms with Crippen LogP contribution in [0.3, 0.4) is 0 Å². The van der Waals surface area contributed by atoms with Crippen LogP contribution in [0.15, 0.2) is 65.1 Å². The first kappa shape index (κ1) is 23.6. The predicted octanol–water partition coefficient (Wildman–Crippen LogP) is 4.54. The molecule has 0 aliphatic rings. The highest BCUT2D eigenvalue weighted by Crippen LogP contribution is 2.33. The molecule has 0 spiro atoms. The molecule has 0 radical (unpaired) electrons. The van der Waals surface area contributed by atoms with Gasteiger partial charge in [0.25, 0.3) is 5.91 Å². The third-order valence-corrected chi connectivity index (χ3v) is 6.12. The summed E-state index contributed by atoms with van der Waals surface area (Å²) >= 11 is 3.59. The molecule has 2 amide bonds. The zero-order valence-corrected chi connectivity index (χ0v) is 20.0. The van der Waals surface area contributed by atoms with Crippen LogP contribution in [-0.2, 0) is 16.1 Å². The summed E-state index contributed by atoms with van der Waals surface area (Å²) in [6.45, 7) is 1.96. The fourth-order valence-electron chi connectivity index (χ4n) is 3.60. The van der Waals surface area contributed by atoms with Crippen LogP contribution in [0.1, 0.15) is 18.9 Å². The first-order chi connectivity index (χ1) is 15.5. The van der Waals surface area contributed by atoms with Gasteiger partial charge in [-0.1, -0.05) is 49.4 Å². The van der Waals surface area contributed by atoms with E-state index in [1.165, 1.54) is 0 Å². The van der Waals surface area contributed by atoms with Gasteiger partial charge in [-0.2, -0.15) is 0 Å². The summed E-state index contributed by atoms with van der Waals surface area (Å²) in [5, 5.41) is 4.73. The molecule has 0 bridgehead atoms. The van der Waals surface area contributed by atoms with Gasteiger partial charge in [-0.05, 0) is 56.9 Å². The van der Waals surface area contributed by atoms with Crippen molar-refractivity contribution in [2.45, 2.75) is 25.9 Å². The van der Waals surface area contributed by atoms with Gasteiger partial charge in [0.2, 0.25) is 5.91 Å². The van der Waals surface area contributed by atoms with Crippen molar-refractivity contribution in [3.05, 3.63) is 70.7 Å². The van der Waals surface area contributed by atoms with E-state index in [2.05, 4.69) is 21.2 Å². The van der Waals surface area contributed by atoms with Gasteiger partial charge < -0.3 is 19.7 Å². The number of fused-ring (bicyclic) bond motifs is 1. The maximum atomic E-state index is 13.2. The topological polar surface area (TPSA) is 67.9 Å². The van der Waals surface area contributed by atoms with Gasteiger partial charge in [0, 0.05) is 13.6 Å². The zero-order chi connectivity index (χ0) is 23.1. The minimum absolute atomic E-state index is 0.186. The van der Waals surface area contributed by atoms with Crippen LogP contribution >= 0.6 is 15.9 Å². The van der Waals surface area contributed by atoms with E-state index in [1.807, 2.05) is 67.6 Å². The third kappa shape index (κ3) is 5.40. The second-order valence-electron chi connectivity index (χ2n) is 7.30. The number of benzene rings is 3. The van der Waals surface area contributed by atoms with Gasteiger partial charge in [-0.3, -0.25) is 9.59 Å². The average Bonchev–Trinajstić information content (AvgIpc) is 2.83. The van der Waals surface area contributed by atoms with Crippen molar-refractivity contribution in [2.24, 2.45) is 0 Å². The molecule has 0 aliphatic heterocycles. The summed E-state index contributed by atoms with van der Waals surface area (Å²) in [6.07, 6.45) is 0.481. The molecular weight excluding hydrogens is 472 g/mol. The lowest BCUT2D eigenvalue weighted by atomic mass is 10.1. The number of carbonyl (C=O) groups excluding carboxylic acids is 2. The fraction of sp³-hybridized carbons (Fsp3) is 0.280. The molecule has 0 heterocycles. The van der Waals surface area contributed by atoms with Crippen molar-refractivity contribution in [3.63, 3.8) is 0 Å². The predicted molar refractivity (Wildman–Crippen MR) is 129 cm³/mol. The van der Waals surface area contributed by atoms with E-state index in [0.717, 1.165) is 20.8 Å². The monoisotopic (exact) mass is 498 g/mol. The van der Waals surface area contributed by atoms with E-state index >= 15 is 0 Å². The number of carbonyl (C=O) groups is 2. The molecule has 7 heteroatoms. The van der Waals surface area contributed by atoms with Crippen LogP contribution in [0.5, 0.6) is 11.5 Å². The Hall–Kier alpha value is -3.06. The quantitative estimate of drug-likeness (QED) is 0.470. The van der Waals surface area contributed by atoms with E-state index in [4.69, 9.17) is 9.47 Å². The third-order valence-electron chi connectivity index (χ3n) is 5.30. The van der Waals surface area contributed by atoms with Gasteiger partial charge >= 0.3 is 0 Å². The van der Waals surface area contributed by atoms with E-state index in [0.29, 0.717) is 17.9 Å². The van der Waals surface area contributed by atoms with E-state index in [-0.39, 0.29) is 25.0 Å². The lowest BCUT2D eigenvalue weighted by Crippen LogP contribution is -2.49. The Morgan fingerprint density at radius 1 is 1.09 bits per heavy atom. The molecule has 3 rings (SSSR count). The first-order valence-corrected chi connectivity index (χ1v) is 11.2. The van der Waals surface area contributed by atoms with E-state index < -0.39 is 6.04 Å². The highest BCUT2D eigenvalue weighted by atomic mass is 79.9. The largest absolute Gasteiger partial charge is 0.497 e. The van der Waals surface area contributed by atoms with Gasteiger partial charge in [-0.15, -0.1) is 0 Å². The van der Waals surface area contributed by atoms with E-state index in [9.17, 15) is 9.59 Å². The Labute approximate surface area is 196 Å². The SMILES string of the molecule is CC[C@H](C(=O)NC)N(Cc1cccc(OC)c1)C(=O)COc1ccc2ccccc2c1Br. The summed E-state index contributed by atoms with van der Waals surface area (Å²) in [7, 11) is 3.17. The number of hydrogen-bond acceptors (Lipinski definition) is 4. The Morgan fingerprint density at radius 3 is 2.59 bits per heavy atom. The summed E-state index contributed by atoms with van der Waals surface area (Å²) in [5.74, 6) is 0.782. The van der Waals surface area contributed by atoms with Crippen LogP contribution in [-0.4, -0.2) is 43.5 Å². The van der Waals surface area contributed by atoms with Crippen molar-refractivity contribution in [1.29, 1.82) is 0 Å². The average molecular weight is 499 g/mol. The van der Waals surface area contributed by atoms with Gasteiger partial charge in [0.1, 0.15) is 17.5 Å². The maximum Gasteiger partial charge on any atom is 0.261 e. The molecule has 168 valence electrons. The molecule has 0 fully saturated rings. The molecule has 0 saturated heterocycles. The highest BCUT2D eigenvalue weighted by Gasteiger charge is 2.28. The number of halogens is 1. The second kappa shape index (κ2) is 11.0. The lowest BCUT2D eigenvalue weighted by molar-refractivity contribution is -0.142. The molecular formula is C25H27BrN2O4. The standard InChI is InChI=1S/C25H27BrN2O4/c1-4-21(25(30)27-2)28(15-17-8-7-10-19(14-17)31-3)23(29)16-32-22-13-12-18-9-5-6-11-20(18)24(22)26/h5-14,21H,4,15-16H2,1-3H3,(H,27,30)/t21-/m1/s1. The summed E-state index contributed by atoms with van der Waals surface area (Å²) in [6, 6.07) is 18.6. The maximum absolute atomic E-state index is 13.2. The molecule has 32 heavy (non-hydrogen) atoms. The molecule has 1 atom stereocenters. The number of rotatable bonds is 9. The number of ether oxygens (including phenoxy) is 2. The minimum atomic E-state index is -0.609. The van der Waals surface area contributed by atoms with Crippen LogP contribution in [0.2, 0.25) is 0 Å². The first-order valence-electron chi connectivity index (χ1n) is 10.4. The van der Waals surface area contributed by atoms with Gasteiger partial charge in [0.05, 0.1) is 11.6 Å². The number of nitrogens with zero attached hydrogens (tertiary/aromatic N) is 1. The summed E-state index contributed by atoms with van der Waals surface area (Å²) in [5.41, 5.74) is 0.868. The Morgan fingerprint density at radius 2 is 1.88 bits per heavy atom. The number of amides is 2. The van der Waals surface area contributed by atoms with Gasteiger partial charge in [0.15, 0.2) is 6.61 Å². The van der Waals surface area contributed by atoms with Gasteiger partial charge in [-0.25, -0.2) is 0 Å². The van der Waals surface area contributed by atoms with Crippen molar-refractivity contribution in [2.75, 3.05) is 20.8 Å². The number of likely N-dealkylation sites (N-methyl/N-ethyl adjacent to an activating group) is 1. The van der Waals surface area contributed by atoms with E-state index in [1.54, 1.807) is 19.1 Å². The van der Waals surface area contributed by atoms with Crippen molar-refractivity contribution in [1.82, 2.24) is 10.2 Å². The molecule has 0 unspecified atom stereocenters. The Balaban J connectivity index is 1.82. The Kier molecular flexibility index (Phi) is 8.11. The van der Waals surface area contributed by atoms with Crippen LogP contribution in [0.4, 0.5) is 0 Å². The number of nitrogens with one attached hydrogen (secondary N) is 1. The van der Waals surface area contributed by atoms with Crippen LogP contribution in [0.25, 0.3) is 10.8 Å². The smallest absolute Gasteiger partial charge is 0.261 e. The van der Waals surface area contributed by atoms with Crippen molar-refractivity contribution >= 4 is 38.5 Å². The molecule has 0 aliphatic carbocycles. The minimum Gasteiger partial charge on any atom is -0.497 e.